The van der Waals surface area contributed by atoms with Gasteiger partial charge in [0, 0.05) is 19.3 Å². The molecule has 0 aromatic carbocycles. The summed E-state index contributed by atoms with van der Waals surface area (Å²) in [6.07, 6.45) is 18.4. The minimum absolute atomic E-state index is 0.192. The van der Waals surface area contributed by atoms with E-state index >= 15 is 0 Å². The zero-order valence-corrected chi connectivity index (χ0v) is 22.7. The highest BCUT2D eigenvalue weighted by atomic mass is 16.4. The first kappa shape index (κ1) is 33.1. The molecule has 3 N–H and O–H groups in total. The van der Waals surface area contributed by atoms with Gasteiger partial charge in [-0.3, -0.25) is 4.48 Å². The van der Waals surface area contributed by atoms with Crippen molar-refractivity contribution in [3.05, 3.63) is 12.2 Å². The minimum Gasteiger partial charge on any atom is -0.477 e. The average Bonchev–Trinajstić information content (AvgIpc) is 2.79. The van der Waals surface area contributed by atoms with Gasteiger partial charge in [0.2, 0.25) is 0 Å². The summed E-state index contributed by atoms with van der Waals surface area (Å²) in [4.78, 5) is 36.6. The van der Waals surface area contributed by atoms with Gasteiger partial charge in [0.25, 0.3) is 0 Å². The van der Waals surface area contributed by atoms with Gasteiger partial charge in [-0.15, -0.1) is 0 Å². The number of allylic oxidation sites excluding steroid dienone is 2. The van der Waals surface area contributed by atoms with Gasteiger partial charge in [0.1, 0.15) is 0 Å². The van der Waals surface area contributed by atoms with E-state index in [9.17, 15) is 29.7 Å². The van der Waals surface area contributed by atoms with E-state index in [1.807, 2.05) is 0 Å². The van der Waals surface area contributed by atoms with Gasteiger partial charge >= 0.3 is 17.9 Å². The van der Waals surface area contributed by atoms with Crippen LogP contribution in [0.1, 0.15) is 124 Å². The van der Waals surface area contributed by atoms with Crippen LogP contribution >= 0.6 is 0 Å². The van der Waals surface area contributed by atoms with Crippen molar-refractivity contribution in [2.24, 2.45) is 0 Å². The molecule has 0 saturated carbocycles. The van der Waals surface area contributed by atoms with Crippen molar-refractivity contribution in [3.8, 4) is 0 Å². The van der Waals surface area contributed by atoms with Crippen LogP contribution in [0.4, 0.5) is 0 Å². The molecule has 0 fully saturated rings. The van der Waals surface area contributed by atoms with E-state index in [-0.39, 0.29) is 25.8 Å². The molecule has 3 unspecified atom stereocenters. The molecule has 0 aromatic heterocycles. The Kier molecular flexibility index (Phi) is 18.3. The van der Waals surface area contributed by atoms with Crippen molar-refractivity contribution in [3.63, 3.8) is 0 Å². The van der Waals surface area contributed by atoms with E-state index in [4.69, 9.17) is 0 Å². The fourth-order valence-corrected chi connectivity index (χ4v) is 5.63. The molecule has 0 aromatic rings. The Labute approximate surface area is 213 Å². The Morgan fingerprint density at radius 1 is 0.571 bits per heavy atom. The lowest BCUT2D eigenvalue weighted by molar-refractivity contribution is -0.973. The molecule has 0 radical (unpaired) electrons. The molecule has 0 spiro atoms. The number of carbonyl (C=O) groups is 3. The van der Waals surface area contributed by atoms with E-state index in [2.05, 4.69) is 19.1 Å². The summed E-state index contributed by atoms with van der Waals surface area (Å²) in [7, 11) is 0. The number of rotatable bonds is 23. The van der Waals surface area contributed by atoms with Gasteiger partial charge in [-0.05, 0) is 32.1 Å². The van der Waals surface area contributed by atoms with Gasteiger partial charge in [-0.25, -0.2) is 14.4 Å². The lowest BCUT2D eigenvalue weighted by Gasteiger charge is -2.49. The standard InChI is InChI=1S/C28H51NO6/c1-5-9-10-11-12-13-14-15-16-17-18-19-20-21-22-29(23(6-2)26(30)31,24(7-3)27(32)33)25(8-4)28(34)35/h9-10,23-25H,5-8,11-22H2,1-4H3,(H2-,30,31,32,33,34,35)/p+1/b10-9+. The number of hydrogen-bond acceptors (Lipinski definition) is 3. The largest absolute Gasteiger partial charge is 0.477 e. The predicted octanol–water partition coefficient (Wildman–Crippen LogP) is 6.65. The maximum atomic E-state index is 12.2. The molecule has 0 aliphatic rings. The van der Waals surface area contributed by atoms with Gasteiger partial charge in [0.05, 0.1) is 6.54 Å². The molecule has 0 saturated heterocycles. The highest BCUT2D eigenvalue weighted by Crippen LogP contribution is 2.32. The van der Waals surface area contributed by atoms with Crippen molar-refractivity contribution in [2.45, 2.75) is 142 Å². The second-order valence-electron chi connectivity index (χ2n) is 9.71. The molecule has 7 nitrogen and oxygen atoms in total. The molecule has 0 aliphatic heterocycles. The van der Waals surface area contributed by atoms with Crippen LogP contribution in [0.15, 0.2) is 12.2 Å². The van der Waals surface area contributed by atoms with E-state index in [1.165, 1.54) is 44.9 Å². The number of nitrogens with zero attached hydrogens (tertiary/aromatic N) is 1. The van der Waals surface area contributed by atoms with E-state index in [1.54, 1.807) is 20.8 Å². The Balaban J connectivity index is 4.94. The Morgan fingerprint density at radius 2 is 0.914 bits per heavy atom. The quantitative estimate of drug-likeness (QED) is 0.0826. The van der Waals surface area contributed by atoms with E-state index in [0.717, 1.165) is 25.7 Å². The van der Waals surface area contributed by atoms with Gasteiger partial charge in [0.15, 0.2) is 18.1 Å². The molecule has 0 aliphatic carbocycles. The minimum atomic E-state index is -1.12. The molecule has 204 valence electrons. The Hall–Kier alpha value is -1.89. The third kappa shape index (κ3) is 11.1. The van der Waals surface area contributed by atoms with Crippen molar-refractivity contribution in [1.29, 1.82) is 0 Å². The predicted molar refractivity (Wildman–Crippen MR) is 140 cm³/mol. The van der Waals surface area contributed by atoms with Crippen LogP contribution in [0, 0.1) is 0 Å². The molecule has 3 atom stereocenters. The highest BCUT2D eigenvalue weighted by molar-refractivity contribution is 5.78. The maximum Gasteiger partial charge on any atom is 0.362 e. The first-order valence-electron chi connectivity index (χ1n) is 13.9. The van der Waals surface area contributed by atoms with Crippen molar-refractivity contribution >= 4 is 17.9 Å². The average molecular weight is 499 g/mol. The molecular formula is C28H52NO6+. The normalized spacial score (nSPS) is 16.0. The molecule has 0 amide bonds. The van der Waals surface area contributed by atoms with Crippen LogP contribution in [-0.2, 0) is 14.4 Å². The second kappa shape index (κ2) is 19.3. The molecule has 0 heterocycles. The van der Waals surface area contributed by atoms with Gasteiger partial charge in [-0.1, -0.05) is 84.8 Å². The molecule has 7 heteroatoms. The van der Waals surface area contributed by atoms with Crippen LogP contribution in [0.5, 0.6) is 0 Å². The zero-order valence-electron chi connectivity index (χ0n) is 22.7. The number of quaternary nitrogens is 1. The zero-order chi connectivity index (χ0) is 26.7. The van der Waals surface area contributed by atoms with Crippen LogP contribution in [0.25, 0.3) is 0 Å². The second-order valence-corrected chi connectivity index (χ2v) is 9.71. The van der Waals surface area contributed by atoms with Crippen LogP contribution in [0.3, 0.4) is 0 Å². The smallest absolute Gasteiger partial charge is 0.362 e. The first-order chi connectivity index (χ1) is 16.7. The number of hydrogen-bond donors (Lipinski definition) is 3. The summed E-state index contributed by atoms with van der Waals surface area (Å²) in [5.41, 5.74) is 0. The number of carboxylic acids is 3. The first-order valence-corrected chi connectivity index (χ1v) is 13.9. The van der Waals surface area contributed by atoms with Crippen molar-refractivity contribution in [1.82, 2.24) is 0 Å². The molecular weight excluding hydrogens is 446 g/mol. The molecule has 0 bridgehead atoms. The summed E-state index contributed by atoms with van der Waals surface area (Å²) < 4.78 is -0.406. The Bertz CT molecular complexity index is 578. The Morgan fingerprint density at radius 3 is 1.23 bits per heavy atom. The third-order valence-corrected chi connectivity index (χ3v) is 7.32. The number of carboxylic acid groups (broad SMARTS) is 3. The van der Waals surface area contributed by atoms with Crippen LogP contribution in [0.2, 0.25) is 0 Å². The third-order valence-electron chi connectivity index (χ3n) is 7.32. The highest BCUT2D eigenvalue weighted by Gasteiger charge is 2.55. The van der Waals surface area contributed by atoms with Crippen molar-refractivity contribution < 1.29 is 34.2 Å². The fourth-order valence-electron chi connectivity index (χ4n) is 5.63. The maximum absolute atomic E-state index is 12.2. The number of aliphatic carboxylic acids is 3. The fraction of sp³-hybridized carbons (Fsp3) is 0.821. The summed E-state index contributed by atoms with van der Waals surface area (Å²) >= 11 is 0. The monoisotopic (exact) mass is 498 g/mol. The SMILES string of the molecule is CC/C=C/CCCCCCCCCCCC[N+](C(CC)C(=O)O)(C(CC)C(=O)O)C(CC)C(=O)O. The molecule has 35 heavy (non-hydrogen) atoms. The topological polar surface area (TPSA) is 112 Å². The van der Waals surface area contributed by atoms with Crippen LogP contribution < -0.4 is 0 Å². The summed E-state index contributed by atoms with van der Waals surface area (Å²) in [5, 5.41) is 29.9. The molecule has 0 rings (SSSR count). The van der Waals surface area contributed by atoms with E-state index in [0.29, 0.717) is 6.42 Å². The lowest BCUT2D eigenvalue weighted by Crippen LogP contribution is -2.72. The number of unbranched alkanes of at least 4 members (excludes halogenated alkanes) is 10. The van der Waals surface area contributed by atoms with Gasteiger partial charge in [-0.2, -0.15) is 0 Å². The summed E-state index contributed by atoms with van der Waals surface area (Å²) in [6, 6.07) is -3.18. The van der Waals surface area contributed by atoms with E-state index < -0.39 is 40.5 Å². The van der Waals surface area contributed by atoms with Crippen LogP contribution in [-0.4, -0.2) is 62.4 Å². The van der Waals surface area contributed by atoms with Crippen molar-refractivity contribution in [2.75, 3.05) is 6.54 Å². The summed E-state index contributed by atoms with van der Waals surface area (Å²) in [5.74, 6) is -3.35. The summed E-state index contributed by atoms with van der Waals surface area (Å²) in [6.45, 7) is 7.53. The van der Waals surface area contributed by atoms with Gasteiger partial charge < -0.3 is 15.3 Å². The lowest BCUT2D eigenvalue weighted by atomic mass is 9.93.